The van der Waals surface area contributed by atoms with Gasteiger partial charge in [-0.05, 0) is 36.5 Å². The van der Waals surface area contributed by atoms with Crippen LogP contribution in [0.5, 0.6) is 5.75 Å². The number of ether oxygens (including phenoxy) is 2. The first-order valence-electron chi connectivity index (χ1n) is 7.35. The van der Waals surface area contributed by atoms with Crippen LogP contribution in [0.3, 0.4) is 0 Å². The Morgan fingerprint density at radius 1 is 1.14 bits per heavy atom. The molecule has 1 rings (SSSR count). The summed E-state index contributed by atoms with van der Waals surface area (Å²) in [7, 11) is 1.60. The van der Waals surface area contributed by atoms with E-state index in [1.807, 2.05) is 0 Å². The van der Waals surface area contributed by atoms with Crippen LogP contribution in [0.15, 0.2) is 12.1 Å². The van der Waals surface area contributed by atoms with Crippen LogP contribution in [0.2, 0.25) is 0 Å². The molecule has 0 aliphatic heterocycles. The Hall–Kier alpha value is -1.20. The summed E-state index contributed by atoms with van der Waals surface area (Å²) in [6, 6.07) is 2.61. The average molecular weight is 301 g/mol. The molecule has 0 unspecified atom stereocenters. The number of hydrogen-bond donors (Lipinski definition) is 1. The molecule has 0 aliphatic carbocycles. The number of nitrogens with one attached hydrogen (secondary N) is 1. The van der Waals surface area contributed by atoms with Crippen molar-refractivity contribution in [1.82, 2.24) is 5.32 Å². The number of methoxy groups -OCH3 is 1. The van der Waals surface area contributed by atoms with Gasteiger partial charge in [0.05, 0.1) is 13.2 Å². The molecule has 0 fully saturated rings. The zero-order chi connectivity index (χ0) is 15.7. The molecule has 0 saturated heterocycles. The minimum atomic E-state index is -0.650. The second-order valence-electron chi connectivity index (χ2n) is 5.44. The molecule has 0 bridgehead atoms. The first kappa shape index (κ1) is 17.9. The maximum atomic E-state index is 13.9. The van der Waals surface area contributed by atoms with Gasteiger partial charge in [0.15, 0.2) is 17.4 Å². The molecule has 0 spiro atoms. The molecule has 0 amide bonds. The number of hydrogen-bond acceptors (Lipinski definition) is 3. The summed E-state index contributed by atoms with van der Waals surface area (Å²) < 4.78 is 37.8. The maximum Gasteiger partial charge on any atom is 0.190 e. The third-order valence-electron chi connectivity index (χ3n) is 3.04. The molecule has 0 aliphatic rings. The van der Waals surface area contributed by atoms with Gasteiger partial charge in [-0.3, -0.25) is 0 Å². The predicted molar refractivity (Wildman–Crippen MR) is 79.5 cm³/mol. The van der Waals surface area contributed by atoms with Crippen LogP contribution in [-0.4, -0.2) is 26.9 Å². The summed E-state index contributed by atoms with van der Waals surface area (Å²) in [5, 5.41) is 3.04. The Kier molecular flexibility index (Phi) is 8.23. The monoisotopic (exact) mass is 301 g/mol. The zero-order valence-corrected chi connectivity index (χ0v) is 13.0. The molecule has 21 heavy (non-hydrogen) atoms. The highest BCUT2D eigenvalue weighted by molar-refractivity contribution is 5.31. The molecule has 0 radical (unpaired) electrons. The fourth-order valence-corrected chi connectivity index (χ4v) is 1.93. The van der Waals surface area contributed by atoms with Gasteiger partial charge in [0.2, 0.25) is 0 Å². The third-order valence-corrected chi connectivity index (χ3v) is 3.04. The Balaban J connectivity index is 2.50. The van der Waals surface area contributed by atoms with Gasteiger partial charge in [-0.1, -0.05) is 13.8 Å². The molecule has 5 heteroatoms. The van der Waals surface area contributed by atoms with Gasteiger partial charge in [-0.15, -0.1) is 0 Å². The molecule has 0 atom stereocenters. The molecule has 1 N–H and O–H groups in total. The quantitative estimate of drug-likeness (QED) is 0.671. The standard InChI is InChI=1S/C16H25F2NO2/c1-12(2)5-4-7-21-16-14(17)9-13(10-15(16)18)11-19-6-8-20-3/h9-10,12,19H,4-8,11H2,1-3H3. The van der Waals surface area contributed by atoms with Crippen LogP contribution in [0.25, 0.3) is 0 Å². The average Bonchev–Trinajstić information content (AvgIpc) is 2.41. The topological polar surface area (TPSA) is 30.5 Å². The van der Waals surface area contributed by atoms with Gasteiger partial charge in [-0.2, -0.15) is 0 Å². The van der Waals surface area contributed by atoms with E-state index in [0.29, 0.717) is 37.8 Å². The molecule has 3 nitrogen and oxygen atoms in total. The van der Waals surface area contributed by atoms with E-state index in [4.69, 9.17) is 9.47 Å². The van der Waals surface area contributed by atoms with Crippen LogP contribution >= 0.6 is 0 Å². The first-order chi connectivity index (χ1) is 10.0. The third kappa shape index (κ3) is 6.87. The van der Waals surface area contributed by atoms with Crippen molar-refractivity contribution in [2.45, 2.75) is 33.2 Å². The van der Waals surface area contributed by atoms with Crippen molar-refractivity contribution in [2.24, 2.45) is 5.92 Å². The van der Waals surface area contributed by atoms with Crippen LogP contribution in [0.4, 0.5) is 8.78 Å². The van der Waals surface area contributed by atoms with Gasteiger partial charge < -0.3 is 14.8 Å². The summed E-state index contributed by atoms with van der Waals surface area (Å²) in [4.78, 5) is 0. The Bertz CT molecular complexity index is 402. The van der Waals surface area contributed by atoms with Crippen LogP contribution < -0.4 is 10.1 Å². The molecule has 120 valence electrons. The lowest BCUT2D eigenvalue weighted by Crippen LogP contribution is -2.18. The lowest BCUT2D eigenvalue weighted by Gasteiger charge is -2.11. The van der Waals surface area contributed by atoms with E-state index in [0.717, 1.165) is 12.8 Å². The van der Waals surface area contributed by atoms with Crippen molar-refractivity contribution in [1.29, 1.82) is 0 Å². The van der Waals surface area contributed by atoms with E-state index in [-0.39, 0.29) is 5.75 Å². The number of halogens is 2. The molecular weight excluding hydrogens is 276 g/mol. The SMILES string of the molecule is COCCNCc1cc(F)c(OCCCC(C)C)c(F)c1. The molecule has 1 aromatic rings. The van der Waals surface area contributed by atoms with E-state index in [1.54, 1.807) is 7.11 Å². The fraction of sp³-hybridized carbons (Fsp3) is 0.625. The van der Waals surface area contributed by atoms with Gasteiger partial charge in [-0.25, -0.2) is 8.78 Å². The summed E-state index contributed by atoms with van der Waals surface area (Å²) in [6.07, 6.45) is 1.77. The molecule has 1 aromatic carbocycles. The lowest BCUT2D eigenvalue weighted by atomic mass is 10.1. The highest BCUT2D eigenvalue weighted by Gasteiger charge is 2.12. The van der Waals surface area contributed by atoms with E-state index in [1.165, 1.54) is 12.1 Å². The van der Waals surface area contributed by atoms with Crippen molar-refractivity contribution < 1.29 is 18.3 Å². The van der Waals surface area contributed by atoms with Gasteiger partial charge in [0.1, 0.15) is 0 Å². The van der Waals surface area contributed by atoms with Crippen LogP contribution in [0, 0.1) is 17.6 Å². The second-order valence-corrected chi connectivity index (χ2v) is 5.44. The van der Waals surface area contributed by atoms with Crippen molar-refractivity contribution in [3.8, 4) is 5.75 Å². The smallest absolute Gasteiger partial charge is 0.190 e. The molecule has 0 saturated carbocycles. The van der Waals surface area contributed by atoms with Gasteiger partial charge in [0, 0.05) is 20.2 Å². The van der Waals surface area contributed by atoms with Crippen LogP contribution in [-0.2, 0) is 11.3 Å². The number of benzene rings is 1. The van der Waals surface area contributed by atoms with E-state index < -0.39 is 11.6 Å². The molecular formula is C16H25F2NO2. The van der Waals surface area contributed by atoms with Gasteiger partial charge in [0.25, 0.3) is 0 Å². The first-order valence-corrected chi connectivity index (χ1v) is 7.35. The number of rotatable bonds is 10. The Labute approximate surface area is 125 Å². The molecule has 0 heterocycles. The summed E-state index contributed by atoms with van der Waals surface area (Å²) >= 11 is 0. The predicted octanol–water partition coefficient (Wildman–Crippen LogP) is 3.52. The summed E-state index contributed by atoms with van der Waals surface area (Å²) in [5.74, 6) is -1.02. The van der Waals surface area contributed by atoms with Crippen molar-refractivity contribution in [3.05, 3.63) is 29.3 Å². The minimum absolute atomic E-state index is 0.278. The maximum absolute atomic E-state index is 13.9. The normalized spacial score (nSPS) is 11.1. The second kappa shape index (κ2) is 9.68. The van der Waals surface area contributed by atoms with Crippen LogP contribution in [0.1, 0.15) is 32.3 Å². The minimum Gasteiger partial charge on any atom is -0.488 e. The largest absolute Gasteiger partial charge is 0.488 e. The highest BCUT2D eigenvalue weighted by atomic mass is 19.1. The lowest BCUT2D eigenvalue weighted by molar-refractivity contribution is 0.199. The fourth-order valence-electron chi connectivity index (χ4n) is 1.93. The Morgan fingerprint density at radius 3 is 2.38 bits per heavy atom. The van der Waals surface area contributed by atoms with Gasteiger partial charge >= 0.3 is 0 Å². The summed E-state index contributed by atoms with van der Waals surface area (Å²) in [6.45, 7) is 6.12. The van der Waals surface area contributed by atoms with Crippen molar-refractivity contribution in [2.75, 3.05) is 26.9 Å². The molecule has 0 aromatic heterocycles. The summed E-state index contributed by atoms with van der Waals surface area (Å²) in [5.41, 5.74) is 0.552. The van der Waals surface area contributed by atoms with E-state index >= 15 is 0 Å². The highest BCUT2D eigenvalue weighted by Crippen LogP contribution is 2.23. The van der Waals surface area contributed by atoms with E-state index in [9.17, 15) is 8.78 Å². The van der Waals surface area contributed by atoms with Crippen molar-refractivity contribution in [3.63, 3.8) is 0 Å². The Morgan fingerprint density at radius 2 is 1.81 bits per heavy atom. The van der Waals surface area contributed by atoms with E-state index in [2.05, 4.69) is 19.2 Å². The zero-order valence-electron chi connectivity index (χ0n) is 13.0. The van der Waals surface area contributed by atoms with Crippen molar-refractivity contribution >= 4 is 0 Å².